The Morgan fingerprint density at radius 3 is 2.53 bits per heavy atom. The minimum atomic E-state index is -1.11. The number of aliphatic hydroxyl groups is 2. The Kier molecular flexibility index (Phi) is 5.42. The van der Waals surface area contributed by atoms with E-state index >= 15 is 0 Å². The van der Waals surface area contributed by atoms with Crippen LogP contribution >= 0.6 is 0 Å². The van der Waals surface area contributed by atoms with Crippen LogP contribution in [-0.2, 0) is 4.74 Å². The van der Waals surface area contributed by atoms with Crippen molar-refractivity contribution in [1.29, 1.82) is 0 Å². The molecule has 1 rings (SSSR count). The van der Waals surface area contributed by atoms with Crippen molar-refractivity contribution in [3.05, 3.63) is 0 Å². The Morgan fingerprint density at radius 1 is 1.35 bits per heavy atom. The zero-order valence-electron chi connectivity index (χ0n) is 11.6. The van der Waals surface area contributed by atoms with Crippen LogP contribution in [0.15, 0.2) is 0 Å². The first-order chi connectivity index (χ1) is 7.85. The first-order valence-electron chi connectivity index (χ1n) is 6.80. The molecule has 3 nitrogen and oxygen atoms in total. The summed E-state index contributed by atoms with van der Waals surface area (Å²) in [5.41, 5.74) is -1.11. The molecule has 3 heteroatoms. The Labute approximate surface area is 105 Å². The molecule has 0 aromatic rings. The van der Waals surface area contributed by atoms with Gasteiger partial charge in [0.05, 0.1) is 19.3 Å². The normalized spacial score (nSPS) is 33.7. The fourth-order valence-electron chi connectivity index (χ4n) is 2.64. The third-order valence-corrected chi connectivity index (χ3v) is 3.91. The van der Waals surface area contributed by atoms with Crippen LogP contribution in [0.25, 0.3) is 0 Å². The van der Waals surface area contributed by atoms with Crippen LogP contribution in [0.2, 0.25) is 0 Å². The molecule has 17 heavy (non-hydrogen) atoms. The summed E-state index contributed by atoms with van der Waals surface area (Å²) in [5, 5.41) is 18.8. The monoisotopic (exact) mass is 244 g/mol. The highest BCUT2D eigenvalue weighted by atomic mass is 16.5. The Morgan fingerprint density at radius 2 is 2.00 bits per heavy atom. The van der Waals surface area contributed by atoms with Crippen LogP contribution in [0, 0.1) is 17.8 Å². The topological polar surface area (TPSA) is 49.7 Å². The van der Waals surface area contributed by atoms with Gasteiger partial charge in [0.2, 0.25) is 0 Å². The van der Waals surface area contributed by atoms with Gasteiger partial charge in [0.15, 0.2) is 0 Å². The maximum absolute atomic E-state index is 9.77. The summed E-state index contributed by atoms with van der Waals surface area (Å²) in [6, 6.07) is 0. The van der Waals surface area contributed by atoms with Gasteiger partial charge in [-0.1, -0.05) is 27.2 Å². The van der Waals surface area contributed by atoms with Crippen LogP contribution in [0.4, 0.5) is 0 Å². The summed E-state index contributed by atoms with van der Waals surface area (Å²) < 4.78 is 5.87. The average Bonchev–Trinajstić information content (AvgIpc) is 2.26. The summed E-state index contributed by atoms with van der Waals surface area (Å²) in [5.74, 6) is 1.90. The van der Waals surface area contributed by atoms with E-state index in [9.17, 15) is 5.11 Å². The van der Waals surface area contributed by atoms with E-state index in [2.05, 4.69) is 20.8 Å². The Balaban J connectivity index is 2.52. The highest BCUT2D eigenvalue weighted by Gasteiger charge is 2.33. The summed E-state index contributed by atoms with van der Waals surface area (Å²) in [6.07, 6.45) is 3.80. The lowest BCUT2D eigenvalue weighted by Gasteiger charge is -2.38. The highest BCUT2D eigenvalue weighted by molar-refractivity contribution is 4.82. The van der Waals surface area contributed by atoms with Gasteiger partial charge >= 0.3 is 0 Å². The molecule has 0 amide bonds. The van der Waals surface area contributed by atoms with Crippen molar-refractivity contribution in [1.82, 2.24) is 0 Å². The second-order valence-corrected chi connectivity index (χ2v) is 6.33. The molecule has 0 saturated heterocycles. The fraction of sp³-hybridized carbons (Fsp3) is 1.00. The van der Waals surface area contributed by atoms with E-state index < -0.39 is 5.60 Å². The molecule has 0 aromatic heterocycles. The fourth-order valence-corrected chi connectivity index (χ4v) is 2.64. The van der Waals surface area contributed by atoms with E-state index in [-0.39, 0.29) is 19.3 Å². The molecule has 0 bridgehead atoms. The lowest BCUT2D eigenvalue weighted by atomic mass is 9.75. The van der Waals surface area contributed by atoms with E-state index in [1.54, 1.807) is 6.92 Å². The molecule has 1 aliphatic carbocycles. The van der Waals surface area contributed by atoms with Crippen molar-refractivity contribution < 1.29 is 14.9 Å². The van der Waals surface area contributed by atoms with Crippen molar-refractivity contribution in [2.75, 3.05) is 13.2 Å². The van der Waals surface area contributed by atoms with Gasteiger partial charge in [-0.2, -0.15) is 0 Å². The average molecular weight is 244 g/mol. The van der Waals surface area contributed by atoms with Crippen molar-refractivity contribution in [2.24, 2.45) is 17.8 Å². The van der Waals surface area contributed by atoms with Crippen molar-refractivity contribution in [3.63, 3.8) is 0 Å². The van der Waals surface area contributed by atoms with E-state index in [0.717, 1.165) is 6.42 Å². The van der Waals surface area contributed by atoms with E-state index in [4.69, 9.17) is 9.84 Å². The molecule has 0 heterocycles. The number of aliphatic hydroxyl groups excluding tert-OH is 1. The highest BCUT2D eigenvalue weighted by Crippen LogP contribution is 2.35. The first kappa shape index (κ1) is 14.9. The molecular formula is C14H28O3. The summed E-state index contributed by atoms with van der Waals surface area (Å²) in [7, 11) is 0. The van der Waals surface area contributed by atoms with Crippen molar-refractivity contribution in [3.8, 4) is 0 Å². The quantitative estimate of drug-likeness (QED) is 0.779. The van der Waals surface area contributed by atoms with Crippen LogP contribution in [-0.4, -0.2) is 35.1 Å². The zero-order chi connectivity index (χ0) is 13.1. The molecule has 1 fully saturated rings. The van der Waals surface area contributed by atoms with Gasteiger partial charge in [-0.15, -0.1) is 0 Å². The molecule has 0 aromatic carbocycles. The predicted molar refractivity (Wildman–Crippen MR) is 68.8 cm³/mol. The standard InChI is InChI=1S/C14H28O3/c1-10(2)12-6-5-11(3)7-13(12)17-9-14(4,16)8-15/h10-13,15-16H,5-9H2,1-4H3/t11-,12+,13+,14+/m1/s1. The smallest absolute Gasteiger partial charge is 0.108 e. The second kappa shape index (κ2) is 6.17. The molecule has 0 radical (unpaired) electrons. The van der Waals surface area contributed by atoms with Crippen LogP contribution in [0.3, 0.4) is 0 Å². The van der Waals surface area contributed by atoms with Crippen LogP contribution in [0.1, 0.15) is 47.0 Å². The van der Waals surface area contributed by atoms with Crippen LogP contribution < -0.4 is 0 Å². The molecule has 0 aliphatic heterocycles. The Bertz CT molecular complexity index is 226. The molecule has 0 unspecified atom stereocenters. The van der Waals surface area contributed by atoms with Crippen LogP contribution in [0.5, 0.6) is 0 Å². The molecular weight excluding hydrogens is 216 g/mol. The minimum absolute atomic E-state index is 0.226. The first-order valence-corrected chi connectivity index (χ1v) is 6.80. The number of rotatable bonds is 5. The maximum atomic E-state index is 9.77. The van der Waals surface area contributed by atoms with Gasteiger partial charge in [0.25, 0.3) is 0 Å². The third kappa shape index (κ3) is 4.57. The lowest BCUT2D eigenvalue weighted by molar-refractivity contribution is -0.116. The molecule has 0 spiro atoms. The number of hydrogen-bond acceptors (Lipinski definition) is 3. The lowest BCUT2D eigenvalue weighted by Crippen LogP contribution is -2.41. The molecule has 2 N–H and O–H groups in total. The second-order valence-electron chi connectivity index (χ2n) is 6.33. The van der Waals surface area contributed by atoms with Gasteiger partial charge in [-0.25, -0.2) is 0 Å². The molecule has 1 saturated carbocycles. The zero-order valence-corrected chi connectivity index (χ0v) is 11.6. The van der Waals surface area contributed by atoms with Gasteiger partial charge in [-0.05, 0) is 37.5 Å². The Hall–Kier alpha value is -0.120. The molecule has 102 valence electrons. The molecule has 4 atom stereocenters. The van der Waals surface area contributed by atoms with Gasteiger partial charge < -0.3 is 14.9 Å². The maximum Gasteiger partial charge on any atom is 0.108 e. The molecule has 1 aliphatic rings. The minimum Gasteiger partial charge on any atom is -0.393 e. The third-order valence-electron chi connectivity index (χ3n) is 3.91. The van der Waals surface area contributed by atoms with Crippen molar-refractivity contribution >= 4 is 0 Å². The number of hydrogen-bond donors (Lipinski definition) is 2. The summed E-state index contributed by atoms with van der Waals surface area (Å²) >= 11 is 0. The van der Waals surface area contributed by atoms with E-state index in [1.807, 2.05) is 0 Å². The summed E-state index contributed by atoms with van der Waals surface area (Å²) in [6.45, 7) is 8.33. The van der Waals surface area contributed by atoms with Crippen molar-refractivity contribution in [2.45, 2.75) is 58.7 Å². The van der Waals surface area contributed by atoms with E-state index in [1.165, 1.54) is 12.8 Å². The number of ether oxygens (including phenoxy) is 1. The van der Waals surface area contributed by atoms with Gasteiger partial charge in [0.1, 0.15) is 5.60 Å². The SMILES string of the molecule is CC(C)[C@@H]1CC[C@@H](C)C[C@@H]1OC[C@@](C)(O)CO. The van der Waals surface area contributed by atoms with Gasteiger partial charge in [0, 0.05) is 0 Å². The van der Waals surface area contributed by atoms with E-state index in [0.29, 0.717) is 17.8 Å². The van der Waals surface area contributed by atoms with Gasteiger partial charge in [-0.3, -0.25) is 0 Å². The summed E-state index contributed by atoms with van der Waals surface area (Å²) in [4.78, 5) is 0. The predicted octanol–water partition coefficient (Wildman–Crippen LogP) is 2.21. The largest absolute Gasteiger partial charge is 0.393 e.